The summed E-state index contributed by atoms with van der Waals surface area (Å²) in [5, 5.41) is 0. The molecule has 0 aliphatic carbocycles. The maximum atomic E-state index is 4.53. The molecule has 2 aromatic heterocycles. The first-order chi connectivity index (χ1) is 12.3. The largest absolute Gasteiger partial charge is 0.341 e. The van der Waals surface area contributed by atoms with E-state index in [1.165, 1.54) is 5.56 Å². The lowest BCUT2D eigenvalue weighted by molar-refractivity contribution is 0.246. The van der Waals surface area contributed by atoms with Crippen molar-refractivity contribution in [1.82, 2.24) is 24.8 Å². The van der Waals surface area contributed by atoms with E-state index in [1.54, 1.807) is 12.4 Å². The molecule has 0 saturated carbocycles. The van der Waals surface area contributed by atoms with Crippen LogP contribution in [-0.2, 0) is 6.54 Å². The molecule has 0 bridgehead atoms. The van der Waals surface area contributed by atoms with Gasteiger partial charge in [0.25, 0.3) is 0 Å². The molecule has 0 unspecified atom stereocenters. The van der Waals surface area contributed by atoms with Crippen molar-refractivity contribution in [1.29, 1.82) is 0 Å². The van der Waals surface area contributed by atoms with E-state index in [0.717, 1.165) is 55.8 Å². The van der Waals surface area contributed by atoms with Crippen LogP contribution in [0.4, 0.5) is 5.95 Å². The van der Waals surface area contributed by atoms with Gasteiger partial charge in [0.05, 0.1) is 0 Å². The second kappa shape index (κ2) is 9.69. The molecule has 1 fully saturated rings. The predicted molar refractivity (Wildman–Crippen MR) is 113 cm³/mol. The number of benzene rings is 1. The summed E-state index contributed by atoms with van der Waals surface area (Å²) >= 11 is 0. The first-order valence-electron chi connectivity index (χ1n) is 8.63. The Morgan fingerprint density at radius 3 is 2.26 bits per heavy atom. The van der Waals surface area contributed by atoms with Gasteiger partial charge in [-0.25, -0.2) is 15.0 Å². The molecule has 1 aliphatic rings. The zero-order chi connectivity index (χ0) is 17.1. The lowest BCUT2D eigenvalue weighted by Crippen LogP contribution is -2.46. The van der Waals surface area contributed by atoms with Gasteiger partial charge in [0.2, 0.25) is 5.95 Å². The number of H-pyrrole nitrogens is 1. The molecule has 0 amide bonds. The lowest BCUT2D eigenvalue weighted by atomic mass is 10.1. The van der Waals surface area contributed by atoms with Crippen molar-refractivity contribution in [3.05, 3.63) is 60.2 Å². The fourth-order valence-electron chi connectivity index (χ4n) is 3.10. The van der Waals surface area contributed by atoms with E-state index >= 15 is 0 Å². The van der Waals surface area contributed by atoms with Crippen LogP contribution in [0.15, 0.2) is 48.9 Å². The molecule has 1 aliphatic heterocycles. The van der Waals surface area contributed by atoms with Crippen molar-refractivity contribution in [2.24, 2.45) is 0 Å². The van der Waals surface area contributed by atoms with E-state index in [-0.39, 0.29) is 24.8 Å². The highest BCUT2D eigenvalue weighted by Crippen LogP contribution is 2.18. The topological polar surface area (TPSA) is 60.9 Å². The van der Waals surface area contributed by atoms with Crippen LogP contribution in [0, 0.1) is 6.92 Å². The van der Waals surface area contributed by atoms with Gasteiger partial charge < -0.3 is 9.88 Å². The van der Waals surface area contributed by atoms with E-state index in [0.29, 0.717) is 0 Å². The fourth-order valence-corrected chi connectivity index (χ4v) is 3.10. The molecular weight excluding hydrogens is 383 g/mol. The Hall–Kier alpha value is -2.15. The SMILES string of the molecule is Cc1ccc(-c2ncc(CN3CCN(c4ncccn4)CC3)[nH]2)cc1.Cl.Cl. The Morgan fingerprint density at radius 1 is 0.926 bits per heavy atom. The zero-order valence-corrected chi connectivity index (χ0v) is 16.8. The number of piperazine rings is 1. The molecular formula is C19H24Cl2N6. The van der Waals surface area contributed by atoms with Crippen molar-refractivity contribution in [3.63, 3.8) is 0 Å². The average Bonchev–Trinajstić information content (AvgIpc) is 3.12. The second-order valence-electron chi connectivity index (χ2n) is 6.44. The minimum Gasteiger partial charge on any atom is -0.341 e. The summed E-state index contributed by atoms with van der Waals surface area (Å²) in [4.78, 5) is 21.3. The van der Waals surface area contributed by atoms with Crippen LogP contribution in [-0.4, -0.2) is 51.0 Å². The standard InChI is InChI=1S/C19H22N6.2ClH/c1-15-3-5-16(6-4-15)18-22-13-17(23-18)14-24-9-11-25(12-10-24)19-20-7-2-8-21-19;;/h2-8,13H,9-12,14H2,1H3,(H,22,23);2*1H. The van der Waals surface area contributed by atoms with Gasteiger partial charge >= 0.3 is 0 Å². The van der Waals surface area contributed by atoms with Crippen LogP contribution in [0.25, 0.3) is 11.4 Å². The molecule has 3 heterocycles. The molecule has 6 nitrogen and oxygen atoms in total. The molecule has 144 valence electrons. The van der Waals surface area contributed by atoms with Gasteiger partial charge in [-0.2, -0.15) is 0 Å². The third-order valence-corrected chi connectivity index (χ3v) is 4.55. The summed E-state index contributed by atoms with van der Waals surface area (Å²) < 4.78 is 0. The number of aryl methyl sites for hydroxylation is 1. The van der Waals surface area contributed by atoms with Gasteiger partial charge in [0.1, 0.15) is 5.82 Å². The summed E-state index contributed by atoms with van der Waals surface area (Å²) in [5.74, 6) is 1.76. The number of imidazole rings is 1. The first kappa shape index (κ1) is 21.2. The molecule has 1 aromatic carbocycles. The molecule has 8 heteroatoms. The van der Waals surface area contributed by atoms with Crippen molar-refractivity contribution < 1.29 is 0 Å². The fraction of sp³-hybridized carbons (Fsp3) is 0.316. The van der Waals surface area contributed by atoms with Gasteiger partial charge in [-0.3, -0.25) is 4.90 Å². The van der Waals surface area contributed by atoms with E-state index < -0.39 is 0 Å². The van der Waals surface area contributed by atoms with Gasteiger partial charge in [0.15, 0.2) is 0 Å². The van der Waals surface area contributed by atoms with Crippen molar-refractivity contribution >= 4 is 30.8 Å². The molecule has 3 aromatic rings. The lowest BCUT2D eigenvalue weighted by Gasteiger charge is -2.34. The Labute approximate surface area is 171 Å². The number of hydrogen-bond acceptors (Lipinski definition) is 5. The van der Waals surface area contributed by atoms with Crippen LogP contribution < -0.4 is 4.90 Å². The Kier molecular flexibility index (Phi) is 7.59. The Morgan fingerprint density at radius 2 is 1.59 bits per heavy atom. The minimum atomic E-state index is 0. The first-order valence-corrected chi connectivity index (χ1v) is 8.63. The van der Waals surface area contributed by atoms with Crippen LogP contribution >= 0.6 is 24.8 Å². The number of halogens is 2. The van der Waals surface area contributed by atoms with Gasteiger partial charge in [0, 0.05) is 62.6 Å². The number of anilines is 1. The summed E-state index contributed by atoms with van der Waals surface area (Å²) in [5.41, 5.74) is 3.54. The Bertz CT molecular complexity index is 814. The van der Waals surface area contributed by atoms with Crippen LogP contribution in [0.3, 0.4) is 0 Å². The monoisotopic (exact) mass is 406 g/mol. The quantitative estimate of drug-likeness (QED) is 0.719. The summed E-state index contributed by atoms with van der Waals surface area (Å²) in [6, 6.07) is 10.3. The van der Waals surface area contributed by atoms with Gasteiger partial charge in [-0.1, -0.05) is 29.8 Å². The van der Waals surface area contributed by atoms with Crippen LogP contribution in [0.5, 0.6) is 0 Å². The summed E-state index contributed by atoms with van der Waals surface area (Å²) in [6.07, 6.45) is 5.54. The van der Waals surface area contributed by atoms with E-state index in [4.69, 9.17) is 0 Å². The Balaban J connectivity index is 0.00000131. The molecule has 1 N–H and O–H groups in total. The number of aromatic amines is 1. The van der Waals surface area contributed by atoms with E-state index in [1.807, 2.05) is 12.3 Å². The van der Waals surface area contributed by atoms with E-state index in [2.05, 4.69) is 60.9 Å². The zero-order valence-electron chi connectivity index (χ0n) is 15.2. The highest BCUT2D eigenvalue weighted by molar-refractivity contribution is 5.85. The third kappa shape index (κ3) is 5.19. The van der Waals surface area contributed by atoms with Crippen molar-refractivity contribution in [2.75, 3.05) is 31.1 Å². The third-order valence-electron chi connectivity index (χ3n) is 4.55. The maximum Gasteiger partial charge on any atom is 0.225 e. The normalized spacial score (nSPS) is 14.3. The summed E-state index contributed by atoms with van der Waals surface area (Å²) in [6.45, 7) is 6.88. The van der Waals surface area contributed by atoms with Crippen LogP contribution in [0.2, 0.25) is 0 Å². The minimum absolute atomic E-state index is 0. The van der Waals surface area contributed by atoms with Gasteiger partial charge in [-0.15, -0.1) is 24.8 Å². The van der Waals surface area contributed by atoms with Crippen LogP contribution in [0.1, 0.15) is 11.3 Å². The average molecular weight is 407 g/mol. The summed E-state index contributed by atoms with van der Waals surface area (Å²) in [7, 11) is 0. The second-order valence-corrected chi connectivity index (χ2v) is 6.44. The molecule has 0 spiro atoms. The maximum absolute atomic E-state index is 4.53. The highest BCUT2D eigenvalue weighted by atomic mass is 35.5. The number of nitrogens with one attached hydrogen (secondary N) is 1. The molecule has 1 saturated heterocycles. The van der Waals surface area contributed by atoms with E-state index in [9.17, 15) is 0 Å². The van der Waals surface area contributed by atoms with Crippen molar-refractivity contribution in [3.8, 4) is 11.4 Å². The molecule has 4 rings (SSSR count). The number of nitrogens with zero attached hydrogens (tertiary/aromatic N) is 5. The smallest absolute Gasteiger partial charge is 0.225 e. The highest BCUT2D eigenvalue weighted by Gasteiger charge is 2.19. The molecule has 0 atom stereocenters. The molecule has 0 radical (unpaired) electrons. The number of rotatable bonds is 4. The predicted octanol–water partition coefficient (Wildman–Crippen LogP) is 3.34. The number of aromatic nitrogens is 4. The number of hydrogen-bond donors (Lipinski definition) is 1. The van der Waals surface area contributed by atoms with Crippen molar-refractivity contribution in [2.45, 2.75) is 13.5 Å². The molecule has 27 heavy (non-hydrogen) atoms. The van der Waals surface area contributed by atoms with Gasteiger partial charge in [-0.05, 0) is 13.0 Å².